The highest BCUT2D eigenvalue weighted by Crippen LogP contribution is 2.24. The van der Waals surface area contributed by atoms with Crippen LogP contribution in [-0.4, -0.2) is 54.9 Å². The van der Waals surface area contributed by atoms with Crippen molar-refractivity contribution in [3.05, 3.63) is 46.8 Å². The molecule has 1 fully saturated rings. The number of carbonyl (C=O) groups excluding carboxylic acids is 1. The summed E-state index contributed by atoms with van der Waals surface area (Å²) in [7, 11) is -3.66. The van der Waals surface area contributed by atoms with Gasteiger partial charge in [-0.25, -0.2) is 8.42 Å². The van der Waals surface area contributed by atoms with Gasteiger partial charge in [0.25, 0.3) is 5.91 Å². The lowest BCUT2D eigenvalue weighted by Gasteiger charge is -2.34. The topological polar surface area (TPSA) is 83.7 Å². The van der Waals surface area contributed by atoms with Crippen LogP contribution >= 0.6 is 0 Å². The monoisotopic (exact) mass is 377 g/mol. The lowest BCUT2D eigenvalue weighted by atomic mass is 10.1. The minimum atomic E-state index is -3.66. The van der Waals surface area contributed by atoms with E-state index in [1.807, 2.05) is 24.3 Å². The zero-order valence-corrected chi connectivity index (χ0v) is 16.0. The maximum absolute atomic E-state index is 12.8. The van der Waals surface area contributed by atoms with Crippen molar-refractivity contribution in [2.24, 2.45) is 0 Å². The lowest BCUT2D eigenvalue weighted by Crippen LogP contribution is -2.50. The van der Waals surface area contributed by atoms with E-state index in [0.29, 0.717) is 24.3 Å². The average molecular weight is 377 g/mol. The molecule has 140 valence electrons. The Hall–Kier alpha value is -2.19. The molecule has 0 atom stereocenters. The van der Waals surface area contributed by atoms with Crippen LogP contribution in [0.3, 0.4) is 0 Å². The Morgan fingerprint density at radius 2 is 1.73 bits per heavy atom. The zero-order valence-electron chi connectivity index (χ0n) is 15.2. The lowest BCUT2D eigenvalue weighted by molar-refractivity contribution is 0.0698. The Kier molecular flexibility index (Phi) is 5.15. The summed E-state index contributed by atoms with van der Waals surface area (Å²) < 4.78 is 32.0. The van der Waals surface area contributed by atoms with Crippen molar-refractivity contribution in [2.45, 2.75) is 32.1 Å². The van der Waals surface area contributed by atoms with Gasteiger partial charge in [0.1, 0.15) is 10.6 Å². The fourth-order valence-electron chi connectivity index (χ4n) is 3.17. The minimum Gasteiger partial charge on any atom is -0.360 e. The number of amides is 1. The van der Waals surface area contributed by atoms with Crippen molar-refractivity contribution in [2.75, 3.05) is 26.2 Å². The van der Waals surface area contributed by atoms with Crippen molar-refractivity contribution >= 4 is 15.9 Å². The molecule has 7 nitrogen and oxygen atoms in total. The highest BCUT2D eigenvalue weighted by atomic mass is 32.2. The fourth-order valence-corrected chi connectivity index (χ4v) is 4.88. The average Bonchev–Trinajstić information content (AvgIpc) is 3.00. The summed E-state index contributed by atoms with van der Waals surface area (Å²) in [6.07, 6.45) is 0.923. The van der Waals surface area contributed by atoms with Gasteiger partial charge in [-0.2, -0.15) is 4.31 Å². The van der Waals surface area contributed by atoms with Crippen molar-refractivity contribution in [3.8, 4) is 0 Å². The first kappa shape index (κ1) is 18.6. The van der Waals surface area contributed by atoms with Crippen molar-refractivity contribution in [1.82, 2.24) is 14.4 Å². The van der Waals surface area contributed by atoms with E-state index >= 15 is 0 Å². The standard InChI is InChI=1S/C18H23N3O4S/c1-4-15-5-7-16(8-6-15)18(22)20-9-11-21(12-10-20)26(23,24)17-13(2)19-25-14(17)3/h5-8H,4,9-12H2,1-3H3. The summed E-state index contributed by atoms with van der Waals surface area (Å²) in [5.41, 5.74) is 2.16. The third-order valence-electron chi connectivity index (χ3n) is 4.70. The maximum Gasteiger partial charge on any atom is 0.253 e. The van der Waals surface area contributed by atoms with E-state index in [0.717, 1.165) is 6.42 Å². The van der Waals surface area contributed by atoms with Gasteiger partial charge in [-0.05, 0) is 38.0 Å². The number of piperazine rings is 1. The minimum absolute atomic E-state index is 0.0676. The van der Waals surface area contributed by atoms with Gasteiger partial charge in [0.15, 0.2) is 5.76 Å². The number of rotatable bonds is 4. The Balaban J connectivity index is 1.69. The first-order chi connectivity index (χ1) is 12.3. The summed E-state index contributed by atoms with van der Waals surface area (Å²) in [6.45, 7) is 6.50. The third kappa shape index (κ3) is 3.39. The molecular formula is C18H23N3O4S. The predicted molar refractivity (Wildman–Crippen MR) is 96.5 cm³/mol. The molecule has 1 amide bonds. The van der Waals surface area contributed by atoms with Crippen LogP contribution in [0.25, 0.3) is 0 Å². The van der Waals surface area contributed by atoms with Gasteiger partial charge in [0, 0.05) is 31.7 Å². The van der Waals surface area contributed by atoms with Crippen molar-refractivity contribution in [1.29, 1.82) is 0 Å². The summed E-state index contributed by atoms with van der Waals surface area (Å²) in [6, 6.07) is 7.55. The fraction of sp³-hybridized carbons (Fsp3) is 0.444. The smallest absolute Gasteiger partial charge is 0.253 e. The van der Waals surface area contributed by atoms with E-state index in [1.165, 1.54) is 9.87 Å². The van der Waals surface area contributed by atoms with Gasteiger partial charge in [0.2, 0.25) is 10.0 Å². The number of carbonyl (C=O) groups is 1. The Bertz CT molecular complexity index is 876. The van der Waals surface area contributed by atoms with Gasteiger partial charge in [0.05, 0.1) is 0 Å². The molecule has 2 aromatic rings. The van der Waals surface area contributed by atoms with Gasteiger partial charge < -0.3 is 9.42 Å². The number of aromatic nitrogens is 1. The van der Waals surface area contributed by atoms with Crippen molar-refractivity contribution in [3.63, 3.8) is 0 Å². The number of sulfonamides is 1. The summed E-state index contributed by atoms with van der Waals surface area (Å²) in [5, 5.41) is 3.73. The summed E-state index contributed by atoms with van der Waals surface area (Å²) >= 11 is 0. The molecule has 3 rings (SSSR count). The molecule has 1 aromatic carbocycles. The van der Waals surface area contributed by atoms with Crippen LogP contribution in [0, 0.1) is 13.8 Å². The Morgan fingerprint density at radius 1 is 1.12 bits per heavy atom. The van der Waals surface area contributed by atoms with Crippen LogP contribution in [0.1, 0.15) is 34.3 Å². The SMILES string of the molecule is CCc1ccc(C(=O)N2CCN(S(=O)(=O)c3c(C)noc3C)CC2)cc1. The zero-order chi connectivity index (χ0) is 18.9. The number of nitrogens with zero attached hydrogens (tertiary/aromatic N) is 3. The molecule has 0 spiro atoms. The number of benzene rings is 1. The quantitative estimate of drug-likeness (QED) is 0.814. The number of hydrogen-bond donors (Lipinski definition) is 0. The van der Waals surface area contributed by atoms with E-state index < -0.39 is 10.0 Å². The normalized spacial score (nSPS) is 16.0. The van der Waals surface area contributed by atoms with E-state index in [1.54, 1.807) is 18.7 Å². The number of hydrogen-bond acceptors (Lipinski definition) is 5. The van der Waals surface area contributed by atoms with Crippen LogP contribution in [0.4, 0.5) is 0 Å². The van der Waals surface area contributed by atoms with E-state index in [4.69, 9.17) is 4.52 Å². The van der Waals surface area contributed by atoms with Crippen LogP contribution in [0.2, 0.25) is 0 Å². The molecule has 1 aliphatic rings. The molecule has 0 saturated carbocycles. The molecule has 1 aromatic heterocycles. The summed E-state index contributed by atoms with van der Waals surface area (Å²) in [5.74, 6) is 0.221. The second-order valence-electron chi connectivity index (χ2n) is 6.40. The molecule has 8 heteroatoms. The molecule has 26 heavy (non-hydrogen) atoms. The van der Waals surface area contributed by atoms with Crippen LogP contribution < -0.4 is 0 Å². The molecule has 0 N–H and O–H groups in total. The first-order valence-electron chi connectivity index (χ1n) is 8.66. The van der Waals surface area contributed by atoms with Crippen LogP contribution in [0.15, 0.2) is 33.7 Å². The van der Waals surface area contributed by atoms with E-state index in [9.17, 15) is 13.2 Å². The highest BCUT2D eigenvalue weighted by molar-refractivity contribution is 7.89. The second kappa shape index (κ2) is 7.20. The highest BCUT2D eigenvalue weighted by Gasteiger charge is 2.34. The molecule has 2 heterocycles. The van der Waals surface area contributed by atoms with Crippen LogP contribution in [-0.2, 0) is 16.4 Å². The van der Waals surface area contributed by atoms with Gasteiger partial charge in [-0.1, -0.05) is 24.2 Å². The third-order valence-corrected chi connectivity index (χ3v) is 6.84. The largest absolute Gasteiger partial charge is 0.360 e. The Morgan fingerprint density at radius 3 is 2.23 bits per heavy atom. The molecule has 1 saturated heterocycles. The van der Waals surface area contributed by atoms with E-state index in [2.05, 4.69) is 12.1 Å². The molecule has 0 unspecified atom stereocenters. The molecule has 0 radical (unpaired) electrons. The molecule has 0 aliphatic carbocycles. The predicted octanol–water partition coefficient (Wildman–Crippen LogP) is 2.00. The van der Waals surface area contributed by atoms with Gasteiger partial charge >= 0.3 is 0 Å². The maximum atomic E-state index is 12.8. The molecular weight excluding hydrogens is 354 g/mol. The van der Waals surface area contributed by atoms with Crippen molar-refractivity contribution < 1.29 is 17.7 Å². The second-order valence-corrected chi connectivity index (χ2v) is 8.27. The van der Waals surface area contributed by atoms with E-state index in [-0.39, 0.29) is 29.7 Å². The first-order valence-corrected chi connectivity index (χ1v) is 10.1. The summed E-state index contributed by atoms with van der Waals surface area (Å²) in [4.78, 5) is 14.5. The van der Waals surface area contributed by atoms with Gasteiger partial charge in [-0.15, -0.1) is 0 Å². The Labute approximate surface area is 153 Å². The van der Waals surface area contributed by atoms with Crippen LogP contribution in [0.5, 0.6) is 0 Å². The number of aryl methyl sites for hydroxylation is 3. The molecule has 1 aliphatic heterocycles. The molecule has 0 bridgehead atoms. The van der Waals surface area contributed by atoms with Gasteiger partial charge in [-0.3, -0.25) is 4.79 Å².